The van der Waals surface area contributed by atoms with Crippen molar-refractivity contribution in [1.29, 1.82) is 0 Å². The van der Waals surface area contributed by atoms with Gasteiger partial charge in [0.25, 0.3) is 11.8 Å². The minimum absolute atomic E-state index is 0.00157. The summed E-state index contributed by atoms with van der Waals surface area (Å²) >= 11 is 0. The maximum atomic E-state index is 12.8. The van der Waals surface area contributed by atoms with Crippen LogP contribution in [0.25, 0.3) is 0 Å². The molecule has 3 rings (SSSR count). The molecule has 0 aliphatic carbocycles. The summed E-state index contributed by atoms with van der Waals surface area (Å²) in [5.41, 5.74) is 2.25. The van der Waals surface area contributed by atoms with Crippen LogP contribution in [0.5, 0.6) is 5.75 Å². The highest BCUT2D eigenvalue weighted by Gasteiger charge is 2.24. The van der Waals surface area contributed by atoms with E-state index in [1.54, 1.807) is 31.6 Å². The van der Waals surface area contributed by atoms with Gasteiger partial charge in [-0.05, 0) is 43.2 Å². The predicted molar refractivity (Wildman–Crippen MR) is 94.9 cm³/mol. The van der Waals surface area contributed by atoms with Crippen molar-refractivity contribution < 1.29 is 14.3 Å². The molecule has 2 aromatic rings. The zero-order valence-electron chi connectivity index (χ0n) is 14.6. The van der Waals surface area contributed by atoms with Crippen LogP contribution in [-0.2, 0) is 0 Å². The van der Waals surface area contributed by atoms with Crippen molar-refractivity contribution in [2.24, 2.45) is 0 Å². The van der Waals surface area contributed by atoms with Crippen LogP contribution in [0.3, 0.4) is 0 Å². The summed E-state index contributed by atoms with van der Waals surface area (Å²) in [6.45, 7) is 4.33. The van der Waals surface area contributed by atoms with E-state index in [1.165, 1.54) is 0 Å². The monoisotopic (exact) mass is 341 g/mol. The lowest BCUT2D eigenvalue weighted by molar-refractivity contribution is 0.0719. The first kappa shape index (κ1) is 17.1. The molecule has 0 bridgehead atoms. The lowest BCUT2D eigenvalue weighted by Crippen LogP contribution is -2.37. The Hall–Kier alpha value is -2.76. The Morgan fingerprint density at radius 3 is 2.24 bits per heavy atom. The standard InChI is InChI=1S/C19H23N3O3/c1-14-12-15(4-5-17(14)25-2)18(23)21-8-3-9-22(11-10-21)19(24)16-6-7-20-13-16/h4-7,12-13,20H,3,8-11H2,1-2H3. The average Bonchev–Trinajstić information content (AvgIpc) is 3.05. The van der Waals surface area contributed by atoms with E-state index in [2.05, 4.69) is 4.98 Å². The van der Waals surface area contributed by atoms with E-state index >= 15 is 0 Å². The van der Waals surface area contributed by atoms with E-state index < -0.39 is 0 Å². The number of hydrogen-bond donors (Lipinski definition) is 1. The third-order valence-electron chi connectivity index (χ3n) is 4.56. The lowest BCUT2D eigenvalue weighted by Gasteiger charge is -2.22. The van der Waals surface area contributed by atoms with Crippen molar-refractivity contribution >= 4 is 11.8 Å². The molecule has 0 radical (unpaired) electrons. The summed E-state index contributed by atoms with van der Waals surface area (Å²) in [5.74, 6) is 0.785. The normalized spacial score (nSPS) is 15.0. The number of benzene rings is 1. The van der Waals surface area contributed by atoms with Gasteiger partial charge in [0.1, 0.15) is 5.75 Å². The number of methoxy groups -OCH3 is 1. The van der Waals surface area contributed by atoms with Gasteiger partial charge in [0.15, 0.2) is 0 Å². The Morgan fingerprint density at radius 2 is 1.68 bits per heavy atom. The molecule has 0 saturated carbocycles. The van der Waals surface area contributed by atoms with Gasteiger partial charge in [0, 0.05) is 44.1 Å². The van der Waals surface area contributed by atoms with Gasteiger partial charge in [0.05, 0.1) is 12.7 Å². The molecule has 1 N–H and O–H groups in total. The molecule has 2 heterocycles. The molecular weight excluding hydrogens is 318 g/mol. The van der Waals surface area contributed by atoms with E-state index in [4.69, 9.17) is 4.74 Å². The molecule has 1 aliphatic heterocycles. The first-order chi connectivity index (χ1) is 12.1. The van der Waals surface area contributed by atoms with Crippen LogP contribution < -0.4 is 4.74 Å². The van der Waals surface area contributed by atoms with E-state index in [0.717, 1.165) is 17.7 Å². The topological polar surface area (TPSA) is 65.6 Å². The zero-order chi connectivity index (χ0) is 17.8. The van der Waals surface area contributed by atoms with E-state index in [1.807, 2.05) is 28.9 Å². The minimum atomic E-state index is 0.00157. The highest BCUT2D eigenvalue weighted by molar-refractivity contribution is 5.95. The summed E-state index contributed by atoms with van der Waals surface area (Å²) in [6.07, 6.45) is 4.22. The van der Waals surface area contributed by atoms with Crippen molar-refractivity contribution in [3.8, 4) is 5.75 Å². The average molecular weight is 341 g/mol. The summed E-state index contributed by atoms with van der Waals surface area (Å²) < 4.78 is 5.25. The van der Waals surface area contributed by atoms with Gasteiger partial charge in [-0.15, -0.1) is 0 Å². The Morgan fingerprint density at radius 1 is 1.00 bits per heavy atom. The molecule has 132 valence electrons. The second-order valence-corrected chi connectivity index (χ2v) is 6.22. The molecule has 1 aliphatic rings. The molecule has 1 saturated heterocycles. The third-order valence-corrected chi connectivity index (χ3v) is 4.56. The molecule has 6 heteroatoms. The van der Waals surface area contributed by atoms with Crippen LogP contribution >= 0.6 is 0 Å². The Kier molecular flexibility index (Phi) is 5.07. The van der Waals surface area contributed by atoms with E-state index in [0.29, 0.717) is 37.3 Å². The van der Waals surface area contributed by atoms with Crippen molar-refractivity contribution in [3.63, 3.8) is 0 Å². The highest BCUT2D eigenvalue weighted by Crippen LogP contribution is 2.20. The fraction of sp³-hybridized carbons (Fsp3) is 0.368. The zero-order valence-corrected chi connectivity index (χ0v) is 14.6. The Bertz CT molecular complexity index is 755. The summed E-state index contributed by atoms with van der Waals surface area (Å²) in [6, 6.07) is 7.25. The SMILES string of the molecule is COc1ccc(C(=O)N2CCCN(C(=O)c3cc[nH]c3)CC2)cc1C. The summed E-state index contributed by atoms with van der Waals surface area (Å²) in [4.78, 5) is 31.8. The van der Waals surface area contributed by atoms with Gasteiger partial charge in [-0.2, -0.15) is 0 Å². The maximum absolute atomic E-state index is 12.8. The number of ether oxygens (including phenoxy) is 1. The number of aryl methyl sites for hydroxylation is 1. The lowest BCUT2D eigenvalue weighted by atomic mass is 10.1. The predicted octanol–water partition coefficient (Wildman–Crippen LogP) is 2.32. The minimum Gasteiger partial charge on any atom is -0.496 e. The largest absolute Gasteiger partial charge is 0.496 e. The van der Waals surface area contributed by atoms with Gasteiger partial charge in [-0.1, -0.05) is 0 Å². The van der Waals surface area contributed by atoms with Crippen LogP contribution in [0.2, 0.25) is 0 Å². The second kappa shape index (κ2) is 7.42. The first-order valence-corrected chi connectivity index (χ1v) is 8.46. The first-order valence-electron chi connectivity index (χ1n) is 8.46. The fourth-order valence-electron chi connectivity index (χ4n) is 3.16. The van der Waals surface area contributed by atoms with Crippen molar-refractivity contribution in [2.45, 2.75) is 13.3 Å². The van der Waals surface area contributed by atoms with Crippen molar-refractivity contribution in [2.75, 3.05) is 33.3 Å². The summed E-state index contributed by atoms with van der Waals surface area (Å²) in [7, 11) is 1.62. The van der Waals surface area contributed by atoms with Gasteiger partial charge >= 0.3 is 0 Å². The Balaban J connectivity index is 1.67. The molecule has 1 aromatic carbocycles. The third kappa shape index (κ3) is 3.68. The van der Waals surface area contributed by atoms with Crippen molar-refractivity contribution in [1.82, 2.24) is 14.8 Å². The highest BCUT2D eigenvalue weighted by atomic mass is 16.5. The number of carbonyl (C=O) groups excluding carboxylic acids is 2. The molecule has 1 fully saturated rings. The van der Waals surface area contributed by atoms with Crippen LogP contribution in [0.15, 0.2) is 36.7 Å². The number of hydrogen-bond acceptors (Lipinski definition) is 3. The van der Waals surface area contributed by atoms with Gasteiger partial charge < -0.3 is 19.5 Å². The van der Waals surface area contributed by atoms with Crippen molar-refractivity contribution in [3.05, 3.63) is 53.3 Å². The number of carbonyl (C=O) groups is 2. The van der Waals surface area contributed by atoms with Crippen LogP contribution in [-0.4, -0.2) is 59.9 Å². The fourth-order valence-corrected chi connectivity index (χ4v) is 3.16. The number of rotatable bonds is 3. The molecule has 6 nitrogen and oxygen atoms in total. The molecular formula is C19H23N3O3. The number of aromatic nitrogens is 1. The maximum Gasteiger partial charge on any atom is 0.255 e. The number of H-pyrrole nitrogens is 1. The molecule has 0 spiro atoms. The van der Waals surface area contributed by atoms with Crippen LogP contribution in [0.4, 0.5) is 0 Å². The number of aromatic amines is 1. The molecule has 0 unspecified atom stereocenters. The Labute approximate surface area is 147 Å². The number of amides is 2. The smallest absolute Gasteiger partial charge is 0.255 e. The quantitative estimate of drug-likeness (QED) is 0.932. The molecule has 2 amide bonds. The molecule has 1 aromatic heterocycles. The summed E-state index contributed by atoms with van der Waals surface area (Å²) in [5, 5.41) is 0. The van der Waals surface area contributed by atoms with Gasteiger partial charge in [-0.25, -0.2) is 0 Å². The second-order valence-electron chi connectivity index (χ2n) is 6.22. The van der Waals surface area contributed by atoms with Gasteiger partial charge in [0.2, 0.25) is 0 Å². The van der Waals surface area contributed by atoms with Crippen LogP contribution in [0, 0.1) is 6.92 Å². The number of nitrogens with one attached hydrogen (secondary N) is 1. The van der Waals surface area contributed by atoms with E-state index in [-0.39, 0.29) is 11.8 Å². The molecule has 0 atom stereocenters. The van der Waals surface area contributed by atoms with Crippen LogP contribution in [0.1, 0.15) is 32.7 Å². The van der Waals surface area contributed by atoms with Gasteiger partial charge in [-0.3, -0.25) is 9.59 Å². The number of nitrogens with zero attached hydrogens (tertiary/aromatic N) is 2. The molecule has 25 heavy (non-hydrogen) atoms. The van der Waals surface area contributed by atoms with E-state index in [9.17, 15) is 9.59 Å².